The Balaban J connectivity index is 1.74. The molecule has 0 radical (unpaired) electrons. The van der Waals surface area contributed by atoms with E-state index in [4.69, 9.17) is 16.3 Å². The number of para-hydroxylation sites is 1. The van der Waals surface area contributed by atoms with E-state index in [1.54, 1.807) is 10.7 Å². The van der Waals surface area contributed by atoms with Gasteiger partial charge in [0.25, 0.3) is 5.91 Å². The van der Waals surface area contributed by atoms with Crippen LogP contribution in [0.25, 0.3) is 5.69 Å². The second-order valence-corrected chi connectivity index (χ2v) is 5.81. The monoisotopic (exact) mass is 319 g/mol. The zero-order valence-corrected chi connectivity index (χ0v) is 13.1. The van der Waals surface area contributed by atoms with Crippen LogP contribution < -0.4 is 5.32 Å². The van der Waals surface area contributed by atoms with E-state index in [0.717, 1.165) is 30.7 Å². The standard InChI is InChI=1S/C16H18ClN3O2/c1-11-10-20(14-7-3-2-6-13(14)17)19-15(11)16(21)18-9-12-5-4-8-22-12/h2-3,6-7,10,12H,4-5,8-9H2,1H3,(H,18,21). The van der Waals surface area contributed by atoms with Gasteiger partial charge in [-0.1, -0.05) is 23.7 Å². The summed E-state index contributed by atoms with van der Waals surface area (Å²) in [5.74, 6) is -0.182. The first-order valence-corrected chi connectivity index (χ1v) is 7.74. The predicted octanol–water partition coefficient (Wildman–Crippen LogP) is 2.74. The van der Waals surface area contributed by atoms with Crippen LogP contribution in [0.2, 0.25) is 5.02 Å². The van der Waals surface area contributed by atoms with Crippen molar-refractivity contribution in [1.82, 2.24) is 15.1 Å². The molecule has 22 heavy (non-hydrogen) atoms. The van der Waals surface area contributed by atoms with Crippen LogP contribution in [0.4, 0.5) is 0 Å². The maximum absolute atomic E-state index is 12.3. The molecule has 5 nitrogen and oxygen atoms in total. The van der Waals surface area contributed by atoms with Crippen molar-refractivity contribution in [3.63, 3.8) is 0 Å². The lowest BCUT2D eigenvalue weighted by Gasteiger charge is -2.10. The molecular weight excluding hydrogens is 302 g/mol. The highest BCUT2D eigenvalue weighted by Crippen LogP contribution is 2.20. The number of hydrogen-bond acceptors (Lipinski definition) is 3. The molecule has 1 atom stereocenters. The summed E-state index contributed by atoms with van der Waals surface area (Å²) in [6.07, 6.45) is 3.98. The first kappa shape index (κ1) is 15.1. The van der Waals surface area contributed by atoms with Gasteiger partial charge in [-0.3, -0.25) is 4.79 Å². The molecule has 0 bridgehead atoms. The van der Waals surface area contributed by atoms with Gasteiger partial charge in [-0.05, 0) is 31.9 Å². The number of amides is 1. The number of hydrogen-bond donors (Lipinski definition) is 1. The highest BCUT2D eigenvalue weighted by Gasteiger charge is 2.19. The molecule has 1 aliphatic rings. The number of aromatic nitrogens is 2. The number of benzene rings is 1. The van der Waals surface area contributed by atoms with E-state index in [0.29, 0.717) is 17.3 Å². The number of aryl methyl sites for hydroxylation is 1. The Bertz CT molecular complexity index is 678. The van der Waals surface area contributed by atoms with Gasteiger partial charge in [0.15, 0.2) is 5.69 Å². The minimum Gasteiger partial charge on any atom is -0.376 e. The molecule has 1 N–H and O–H groups in total. The normalized spacial score (nSPS) is 17.6. The number of carbonyl (C=O) groups excluding carboxylic acids is 1. The Morgan fingerprint density at radius 2 is 2.32 bits per heavy atom. The van der Waals surface area contributed by atoms with E-state index in [-0.39, 0.29) is 12.0 Å². The van der Waals surface area contributed by atoms with Gasteiger partial charge in [0, 0.05) is 24.9 Å². The summed E-state index contributed by atoms with van der Waals surface area (Å²) in [6.45, 7) is 3.17. The minimum atomic E-state index is -0.182. The zero-order chi connectivity index (χ0) is 15.5. The minimum absolute atomic E-state index is 0.120. The van der Waals surface area contributed by atoms with Crippen LogP contribution in [0.1, 0.15) is 28.9 Å². The van der Waals surface area contributed by atoms with Gasteiger partial charge in [-0.2, -0.15) is 5.10 Å². The topological polar surface area (TPSA) is 56.2 Å². The molecule has 0 aliphatic carbocycles. The zero-order valence-electron chi connectivity index (χ0n) is 12.4. The maximum atomic E-state index is 12.3. The fourth-order valence-corrected chi connectivity index (χ4v) is 2.76. The summed E-state index contributed by atoms with van der Waals surface area (Å²) in [5.41, 5.74) is 1.98. The molecular formula is C16H18ClN3O2. The number of nitrogens with zero attached hydrogens (tertiary/aromatic N) is 2. The highest BCUT2D eigenvalue weighted by atomic mass is 35.5. The van der Waals surface area contributed by atoms with Gasteiger partial charge < -0.3 is 10.1 Å². The third-order valence-corrected chi connectivity index (χ3v) is 4.05. The largest absolute Gasteiger partial charge is 0.376 e. The summed E-state index contributed by atoms with van der Waals surface area (Å²) in [7, 11) is 0. The molecule has 116 valence electrons. The van der Waals surface area contributed by atoms with Crippen LogP contribution in [-0.2, 0) is 4.74 Å². The summed E-state index contributed by atoms with van der Waals surface area (Å²) >= 11 is 6.17. The van der Waals surface area contributed by atoms with Crippen LogP contribution in [0, 0.1) is 6.92 Å². The van der Waals surface area contributed by atoms with Crippen molar-refractivity contribution in [2.45, 2.75) is 25.9 Å². The van der Waals surface area contributed by atoms with Crippen LogP contribution in [0.5, 0.6) is 0 Å². The summed E-state index contributed by atoms with van der Waals surface area (Å²) in [4.78, 5) is 12.3. The summed E-state index contributed by atoms with van der Waals surface area (Å²) < 4.78 is 7.14. The van der Waals surface area contributed by atoms with Crippen LogP contribution in [0.3, 0.4) is 0 Å². The molecule has 1 amide bonds. The van der Waals surface area contributed by atoms with E-state index < -0.39 is 0 Å². The number of rotatable bonds is 4. The Morgan fingerprint density at radius 3 is 3.05 bits per heavy atom. The van der Waals surface area contributed by atoms with E-state index in [9.17, 15) is 4.79 Å². The fraction of sp³-hybridized carbons (Fsp3) is 0.375. The fourth-order valence-electron chi connectivity index (χ4n) is 2.54. The number of ether oxygens (including phenoxy) is 1. The molecule has 1 unspecified atom stereocenters. The lowest BCUT2D eigenvalue weighted by Crippen LogP contribution is -2.32. The third-order valence-electron chi connectivity index (χ3n) is 3.73. The van der Waals surface area contributed by atoms with E-state index >= 15 is 0 Å². The van der Waals surface area contributed by atoms with Crippen molar-refractivity contribution >= 4 is 17.5 Å². The first-order valence-electron chi connectivity index (χ1n) is 7.36. The average molecular weight is 320 g/mol. The van der Waals surface area contributed by atoms with Gasteiger partial charge in [0.1, 0.15) is 0 Å². The average Bonchev–Trinajstić information content (AvgIpc) is 3.15. The van der Waals surface area contributed by atoms with Gasteiger partial charge in [0.05, 0.1) is 16.8 Å². The van der Waals surface area contributed by atoms with Crippen LogP contribution >= 0.6 is 11.6 Å². The lowest BCUT2D eigenvalue weighted by atomic mass is 10.2. The van der Waals surface area contributed by atoms with Gasteiger partial charge >= 0.3 is 0 Å². The first-order chi connectivity index (χ1) is 10.6. The molecule has 6 heteroatoms. The van der Waals surface area contributed by atoms with Crippen molar-refractivity contribution in [2.75, 3.05) is 13.2 Å². The lowest BCUT2D eigenvalue weighted by molar-refractivity contribution is 0.0853. The van der Waals surface area contributed by atoms with Crippen LogP contribution in [0.15, 0.2) is 30.5 Å². The Hall–Kier alpha value is -1.85. The van der Waals surface area contributed by atoms with Crippen molar-refractivity contribution in [3.05, 3.63) is 46.7 Å². The molecule has 1 aliphatic heterocycles. The van der Waals surface area contributed by atoms with Crippen molar-refractivity contribution in [1.29, 1.82) is 0 Å². The van der Waals surface area contributed by atoms with E-state index in [2.05, 4.69) is 10.4 Å². The Kier molecular flexibility index (Phi) is 4.45. The number of nitrogens with one attached hydrogen (secondary N) is 1. The molecule has 0 spiro atoms. The molecule has 2 aromatic rings. The quantitative estimate of drug-likeness (QED) is 0.942. The van der Waals surface area contributed by atoms with Gasteiger partial charge in [0.2, 0.25) is 0 Å². The smallest absolute Gasteiger partial charge is 0.272 e. The number of carbonyl (C=O) groups is 1. The van der Waals surface area contributed by atoms with E-state index in [1.165, 1.54) is 0 Å². The predicted molar refractivity (Wildman–Crippen MR) is 84.6 cm³/mol. The SMILES string of the molecule is Cc1cn(-c2ccccc2Cl)nc1C(=O)NCC1CCCO1. The Labute approximate surface area is 134 Å². The van der Waals surface area contributed by atoms with Crippen molar-refractivity contribution in [3.8, 4) is 5.69 Å². The van der Waals surface area contributed by atoms with Crippen LogP contribution in [-0.4, -0.2) is 34.9 Å². The molecule has 1 fully saturated rings. The van der Waals surface area contributed by atoms with E-state index in [1.807, 2.05) is 31.3 Å². The van der Waals surface area contributed by atoms with Crippen molar-refractivity contribution < 1.29 is 9.53 Å². The number of halogens is 1. The highest BCUT2D eigenvalue weighted by molar-refractivity contribution is 6.32. The molecule has 2 heterocycles. The second kappa shape index (κ2) is 6.50. The molecule has 0 saturated carbocycles. The third kappa shape index (κ3) is 3.15. The maximum Gasteiger partial charge on any atom is 0.272 e. The summed E-state index contributed by atoms with van der Waals surface area (Å²) in [5, 5.41) is 7.85. The molecule has 1 aromatic carbocycles. The van der Waals surface area contributed by atoms with Gasteiger partial charge in [-0.15, -0.1) is 0 Å². The molecule has 1 aromatic heterocycles. The van der Waals surface area contributed by atoms with Crippen molar-refractivity contribution in [2.24, 2.45) is 0 Å². The summed E-state index contributed by atoms with van der Waals surface area (Å²) in [6, 6.07) is 7.40. The Morgan fingerprint density at radius 1 is 1.50 bits per heavy atom. The molecule has 3 rings (SSSR count). The van der Waals surface area contributed by atoms with Gasteiger partial charge in [-0.25, -0.2) is 4.68 Å². The molecule has 1 saturated heterocycles. The second-order valence-electron chi connectivity index (χ2n) is 5.40.